The molecule has 0 radical (unpaired) electrons. The third-order valence-corrected chi connectivity index (χ3v) is 20.9. The Balaban J connectivity index is 0.000000210. The highest BCUT2D eigenvalue weighted by molar-refractivity contribution is 7.97. The maximum Gasteiger partial charge on any atom is 0.369 e. The van der Waals surface area contributed by atoms with Crippen molar-refractivity contribution in [3.8, 4) is 23.0 Å². The fourth-order valence-corrected chi connectivity index (χ4v) is 12.1. The van der Waals surface area contributed by atoms with E-state index in [2.05, 4.69) is 110 Å². The summed E-state index contributed by atoms with van der Waals surface area (Å²) in [6, 6.07) is 45.7. The number of fused-ring (bicyclic) bond motifs is 1. The van der Waals surface area contributed by atoms with E-state index in [-0.39, 0.29) is 64.2 Å². The minimum atomic E-state index is -5.86. The number of aromatic hydroxyl groups is 1. The summed E-state index contributed by atoms with van der Waals surface area (Å²) in [6.07, 6.45) is 4.33. The molecule has 92 heavy (non-hydrogen) atoms. The van der Waals surface area contributed by atoms with Gasteiger partial charge in [0.2, 0.25) is 0 Å². The number of halogens is 2. The molecule has 3 heterocycles. The van der Waals surface area contributed by atoms with Gasteiger partial charge >= 0.3 is 35.1 Å². The van der Waals surface area contributed by atoms with Crippen LogP contribution in [0.5, 0.6) is 23.0 Å². The van der Waals surface area contributed by atoms with E-state index in [9.17, 15) is 45.7 Å². The van der Waals surface area contributed by atoms with Gasteiger partial charge in [0.05, 0.1) is 44.6 Å². The van der Waals surface area contributed by atoms with Gasteiger partial charge in [-0.05, 0) is 211 Å². The lowest BCUT2D eigenvalue weighted by atomic mass is 9.87. The highest BCUT2D eigenvalue weighted by atomic mass is 32.2. The van der Waals surface area contributed by atoms with Crippen molar-refractivity contribution in [2.75, 3.05) is 0 Å². The molecule has 6 atom stereocenters. The van der Waals surface area contributed by atoms with E-state index in [1.165, 1.54) is 53.5 Å². The van der Waals surface area contributed by atoms with Gasteiger partial charge in [0.25, 0.3) is 0 Å². The van der Waals surface area contributed by atoms with Crippen LogP contribution in [0.15, 0.2) is 154 Å². The number of phenols is 1. The van der Waals surface area contributed by atoms with Crippen molar-refractivity contribution >= 4 is 50.9 Å². The number of phenolic OH excluding ortho intramolecular Hbond substituents is 1. The Morgan fingerprint density at radius 1 is 0.598 bits per heavy atom. The Hall–Kier alpha value is -6.87. The predicted molar refractivity (Wildman–Crippen MR) is 347 cm³/mol. The molecular weight excluding hydrogens is 1220 g/mol. The smallest absolute Gasteiger partial charge is 0.369 e. The molecule has 2 bridgehead atoms. The number of esters is 5. The fraction of sp³-hybridized carbons (Fsp3) is 0.514. The Morgan fingerprint density at radius 3 is 1.37 bits per heavy atom. The van der Waals surface area contributed by atoms with Gasteiger partial charge in [0.1, 0.15) is 34.7 Å². The first-order chi connectivity index (χ1) is 43.0. The summed E-state index contributed by atoms with van der Waals surface area (Å²) in [7, 11) is -5.87. The van der Waals surface area contributed by atoms with Crippen LogP contribution in [0.3, 0.4) is 0 Å². The number of carbonyl (C=O) groups is 5. The molecule has 3 saturated heterocycles. The van der Waals surface area contributed by atoms with Gasteiger partial charge in [-0.15, -0.1) is 0 Å². The van der Waals surface area contributed by atoms with Gasteiger partial charge in [0, 0.05) is 0 Å². The Bertz CT molecular complexity index is 3200. The summed E-state index contributed by atoms with van der Waals surface area (Å²) < 4.78 is 94.7. The molecule has 0 spiro atoms. The van der Waals surface area contributed by atoms with Gasteiger partial charge in [-0.1, -0.05) is 96.1 Å². The van der Waals surface area contributed by atoms with Crippen molar-refractivity contribution in [2.24, 2.45) is 33.5 Å². The average Bonchev–Trinajstić information content (AvgIpc) is 1.57. The van der Waals surface area contributed by atoms with Crippen LogP contribution in [0.2, 0.25) is 0 Å². The second kappa shape index (κ2) is 32.3. The van der Waals surface area contributed by atoms with E-state index < -0.39 is 61.3 Å². The fourth-order valence-electron chi connectivity index (χ4n) is 9.50. The molecule has 504 valence electrons. The van der Waals surface area contributed by atoms with E-state index >= 15 is 0 Å². The van der Waals surface area contributed by atoms with Crippen LogP contribution < -0.4 is 14.2 Å². The zero-order chi connectivity index (χ0) is 68.6. The Morgan fingerprint density at radius 2 is 0.978 bits per heavy atom. The van der Waals surface area contributed by atoms with Crippen LogP contribution in [0.25, 0.3) is 0 Å². The van der Waals surface area contributed by atoms with Crippen molar-refractivity contribution in [1.82, 2.24) is 0 Å². The Labute approximate surface area is 545 Å². The lowest BCUT2D eigenvalue weighted by Gasteiger charge is -2.34. The van der Waals surface area contributed by atoms with Gasteiger partial charge in [-0.2, -0.15) is 8.78 Å². The quantitative estimate of drug-likeness (QED) is 0.0251. The van der Waals surface area contributed by atoms with Crippen LogP contribution in [0.1, 0.15) is 162 Å². The third-order valence-electron chi connectivity index (χ3n) is 17.7. The van der Waals surface area contributed by atoms with Crippen LogP contribution in [0, 0.1) is 33.5 Å². The molecule has 1 N–H and O–H groups in total. The van der Waals surface area contributed by atoms with Crippen LogP contribution in [-0.4, -0.2) is 89.3 Å². The van der Waals surface area contributed by atoms with Crippen molar-refractivity contribution in [3.05, 3.63) is 140 Å². The topological polar surface area (TPSA) is 227 Å². The second-order valence-electron chi connectivity index (χ2n) is 26.3. The zero-order valence-electron chi connectivity index (χ0n) is 55.8. The number of rotatable bonds is 20. The predicted octanol–water partition coefficient (Wildman–Crippen LogP) is 15.4. The first kappa shape index (κ1) is 75.8. The zero-order valence-corrected chi connectivity index (χ0v) is 57.5. The summed E-state index contributed by atoms with van der Waals surface area (Å²) in [5.41, 5.74) is -2.50. The van der Waals surface area contributed by atoms with Crippen LogP contribution in [-0.2, 0) is 63.9 Å². The summed E-state index contributed by atoms with van der Waals surface area (Å²) in [4.78, 5) is 62.9. The van der Waals surface area contributed by atoms with Crippen molar-refractivity contribution in [2.45, 2.75) is 218 Å². The third kappa shape index (κ3) is 19.8. The average molecular weight is 1320 g/mol. The number of benzene rings is 5. The van der Waals surface area contributed by atoms with Gasteiger partial charge < -0.3 is 42.8 Å². The van der Waals surface area contributed by atoms with Gasteiger partial charge in [-0.25, -0.2) is 8.42 Å². The molecule has 0 amide bonds. The van der Waals surface area contributed by atoms with Crippen molar-refractivity contribution < 1.29 is 84.0 Å². The molecular formula is C72H94F2O16S2. The lowest BCUT2D eigenvalue weighted by molar-refractivity contribution is -0.170. The van der Waals surface area contributed by atoms with E-state index in [1.54, 1.807) is 19.1 Å². The maximum atomic E-state index is 13.0. The number of hydrogen-bond donors (Lipinski definition) is 1. The molecule has 1 saturated carbocycles. The molecule has 20 heteroatoms. The highest BCUT2D eigenvalue weighted by Gasteiger charge is 2.65. The standard InChI is InChI=1S/C20H30O3.C18H15S.C13H18O5.C12H16O3.C9H16F2O5S/c1-6-19(4,5)18(21)22-16-9-11-17(12-10-16)23-20(15(2)3)13-7-8-14-20;1-4-10-16(11-5-1)19(17-12-6-2-7-13-17)18-14-8-3-9-15-18;1-4-13(2,3)12(15)18-9-7-5-6-8(16-7)10(9)17-11(6)14;1-4-12(2,3)11(14)15-10-7-5-9(13)6-8-10;1-5-8(3,4)7(12)16-6(2)9(10,11)17(13,14)15/h9-12,15H,6-8,13-14H2,1-5H3;1-15H;6-10H,4-5H2,1-3H3;5-8,13H,4H2,1-3H3;6H,5H2,1-4H3,(H,13,14,15)/q;+1;;;/p-1. The van der Waals surface area contributed by atoms with Gasteiger partial charge in [-0.3, -0.25) is 24.0 Å². The molecule has 3 aliphatic heterocycles. The van der Waals surface area contributed by atoms with Crippen molar-refractivity contribution in [1.29, 1.82) is 0 Å². The molecule has 16 nitrogen and oxygen atoms in total. The SMILES string of the molecule is CCC(C)(C)C(=O)OC(C)C(F)(F)S(=O)(=O)[O-].CCC(C)(C)C(=O)OC1C2CC3C(=O)OC1C3O2.CCC(C)(C)C(=O)Oc1ccc(O)cc1.CCC(C)(C)C(=O)Oc1ccc(OC2(C(C)C)CCCC2)cc1.c1ccc([S+](c2ccccc2)c2ccccc2)cc1. The van der Waals surface area contributed by atoms with E-state index in [4.69, 9.17) is 33.5 Å². The molecule has 5 aromatic rings. The van der Waals surface area contributed by atoms with Crippen LogP contribution in [0.4, 0.5) is 8.78 Å². The molecule has 0 aromatic heterocycles. The molecule has 9 rings (SSSR count). The second-order valence-corrected chi connectivity index (χ2v) is 29.8. The van der Waals surface area contributed by atoms with E-state index in [0.717, 1.165) is 31.4 Å². The first-order valence-electron chi connectivity index (χ1n) is 31.5. The summed E-state index contributed by atoms with van der Waals surface area (Å²) in [5.74, 6) is 0.524. The number of ether oxygens (including phenoxy) is 7. The van der Waals surface area contributed by atoms with E-state index in [1.807, 2.05) is 86.6 Å². The minimum absolute atomic E-state index is 0.0146. The molecule has 6 unspecified atom stereocenters. The first-order valence-corrected chi connectivity index (χ1v) is 34.2. The summed E-state index contributed by atoms with van der Waals surface area (Å²) >= 11 is 0. The Kier molecular flexibility index (Phi) is 26.6. The number of alkyl halides is 2. The minimum Gasteiger partial charge on any atom is -0.743 e. The van der Waals surface area contributed by atoms with Gasteiger partial charge in [0.15, 0.2) is 43.1 Å². The lowest BCUT2D eigenvalue weighted by Crippen LogP contribution is -2.44. The van der Waals surface area contributed by atoms with Crippen LogP contribution >= 0.6 is 0 Å². The number of carbonyl (C=O) groups excluding carboxylic acids is 5. The van der Waals surface area contributed by atoms with E-state index in [0.29, 0.717) is 43.6 Å². The summed E-state index contributed by atoms with van der Waals surface area (Å²) in [6.45, 7) is 26.8. The highest BCUT2D eigenvalue weighted by Crippen LogP contribution is 2.48. The molecule has 4 fully saturated rings. The van der Waals surface area contributed by atoms with Crippen molar-refractivity contribution in [3.63, 3.8) is 0 Å². The largest absolute Gasteiger partial charge is 0.743 e. The number of hydrogen-bond acceptors (Lipinski definition) is 16. The molecule has 5 aromatic carbocycles. The summed E-state index contributed by atoms with van der Waals surface area (Å²) in [5, 5.41) is 4.42. The maximum absolute atomic E-state index is 13.0. The monoisotopic (exact) mass is 1320 g/mol. The normalized spacial score (nSPS) is 19.2. The molecule has 1 aliphatic carbocycles. The molecule has 4 aliphatic rings.